The third-order valence-electron chi connectivity index (χ3n) is 5.01. The second-order valence-corrected chi connectivity index (χ2v) is 8.71. The van der Waals surface area contributed by atoms with Crippen LogP contribution in [0.25, 0.3) is 0 Å². The van der Waals surface area contributed by atoms with Crippen LogP contribution >= 0.6 is 11.3 Å². The maximum Gasteiger partial charge on any atom is 0.263 e. The summed E-state index contributed by atoms with van der Waals surface area (Å²) in [5, 5.41) is 2.92. The van der Waals surface area contributed by atoms with Crippen molar-refractivity contribution in [3.63, 3.8) is 0 Å². The number of thiophene rings is 1. The lowest BCUT2D eigenvalue weighted by Crippen LogP contribution is -2.45. The Morgan fingerprint density at radius 2 is 2.03 bits per heavy atom. The molecule has 1 aliphatic heterocycles. The summed E-state index contributed by atoms with van der Waals surface area (Å²) in [5.41, 5.74) is 8.36. The average molecular weight is 409 g/mol. The molecule has 4 rings (SSSR count). The molecule has 2 unspecified atom stereocenters. The van der Waals surface area contributed by atoms with Crippen LogP contribution in [-0.4, -0.2) is 16.6 Å². The van der Waals surface area contributed by atoms with Gasteiger partial charge < -0.3 is 9.88 Å². The van der Waals surface area contributed by atoms with Crippen molar-refractivity contribution in [2.24, 2.45) is 0 Å². The van der Waals surface area contributed by atoms with Crippen LogP contribution in [0, 0.1) is 13.8 Å². The first-order valence-electron chi connectivity index (χ1n) is 9.63. The third-order valence-corrected chi connectivity index (χ3v) is 6.13. The van der Waals surface area contributed by atoms with Gasteiger partial charge in [-0.3, -0.25) is 9.59 Å². The van der Waals surface area contributed by atoms with Gasteiger partial charge in [0.05, 0.1) is 18.8 Å². The highest BCUT2D eigenvalue weighted by Crippen LogP contribution is 2.27. The Morgan fingerprint density at radius 3 is 2.79 bits per heavy atom. The van der Waals surface area contributed by atoms with Crippen LogP contribution in [0.1, 0.15) is 43.7 Å². The predicted molar refractivity (Wildman–Crippen MR) is 115 cm³/mol. The number of hydrogen-bond acceptors (Lipinski definition) is 5. The fourth-order valence-corrected chi connectivity index (χ4v) is 4.50. The second-order valence-electron chi connectivity index (χ2n) is 7.40. The van der Waals surface area contributed by atoms with Crippen LogP contribution in [0.15, 0.2) is 59.5 Å². The number of nitrogens with zero attached hydrogens (tertiary/aromatic N) is 1. The summed E-state index contributed by atoms with van der Waals surface area (Å²) in [6.07, 6.45) is 2.20. The van der Waals surface area contributed by atoms with Gasteiger partial charge in [0.15, 0.2) is 0 Å². The minimum Gasteiger partial charge on any atom is -0.335 e. The van der Waals surface area contributed by atoms with E-state index in [9.17, 15) is 9.59 Å². The highest BCUT2D eigenvalue weighted by molar-refractivity contribution is 7.12. The molecular weight excluding hydrogens is 384 g/mol. The zero-order valence-corrected chi connectivity index (χ0v) is 17.3. The molecule has 1 aromatic carbocycles. The molecule has 1 amide bonds. The van der Waals surface area contributed by atoms with Gasteiger partial charge >= 0.3 is 0 Å². The molecule has 0 aliphatic carbocycles. The molecule has 150 valence electrons. The SMILES string of the molecule is Cc1cccc(Cn2cccc(C(=O)NC3CC(c4ccc(C)s4)NN3)c2=O)c1. The Labute approximate surface area is 173 Å². The van der Waals surface area contributed by atoms with E-state index in [-0.39, 0.29) is 29.2 Å². The van der Waals surface area contributed by atoms with Gasteiger partial charge in [-0.1, -0.05) is 29.8 Å². The number of benzene rings is 1. The van der Waals surface area contributed by atoms with Gasteiger partial charge in [0.25, 0.3) is 11.5 Å². The summed E-state index contributed by atoms with van der Waals surface area (Å²) in [4.78, 5) is 28.1. The minimum atomic E-state index is -0.365. The van der Waals surface area contributed by atoms with Gasteiger partial charge in [-0.25, -0.2) is 10.9 Å². The molecule has 0 radical (unpaired) electrons. The van der Waals surface area contributed by atoms with Crippen LogP contribution in [-0.2, 0) is 6.54 Å². The zero-order chi connectivity index (χ0) is 20.4. The Hall–Kier alpha value is -2.74. The van der Waals surface area contributed by atoms with E-state index in [2.05, 4.69) is 35.2 Å². The summed E-state index contributed by atoms with van der Waals surface area (Å²) < 4.78 is 1.57. The molecule has 6 nitrogen and oxygen atoms in total. The molecule has 29 heavy (non-hydrogen) atoms. The van der Waals surface area contributed by atoms with Crippen LogP contribution in [0.5, 0.6) is 0 Å². The highest BCUT2D eigenvalue weighted by Gasteiger charge is 2.27. The molecule has 1 aliphatic rings. The van der Waals surface area contributed by atoms with E-state index in [1.807, 2.05) is 31.2 Å². The summed E-state index contributed by atoms with van der Waals surface area (Å²) in [7, 11) is 0. The first-order chi connectivity index (χ1) is 14.0. The van der Waals surface area contributed by atoms with E-state index in [0.717, 1.165) is 17.5 Å². The van der Waals surface area contributed by atoms with Crippen molar-refractivity contribution >= 4 is 17.2 Å². The average Bonchev–Trinajstić information content (AvgIpc) is 3.32. The molecule has 3 heterocycles. The van der Waals surface area contributed by atoms with Gasteiger partial charge in [-0.05, 0) is 43.7 Å². The monoisotopic (exact) mass is 408 g/mol. The van der Waals surface area contributed by atoms with Crippen molar-refractivity contribution in [3.05, 3.63) is 91.5 Å². The van der Waals surface area contributed by atoms with E-state index in [0.29, 0.717) is 6.54 Å². The lowest BCUT2D eigenvalue weighted by molar-refractivity contribution is 0.0930. The Bertz CT molecular complexity index is 1090. The van der Waals surface area contributed by atoms with Gasteiger partial charge in [-0.15, -0.1) is 11.3 Å². The minimum absolute atomic E-state index is 0.146. The lowest BCUT2D eigenvalue weighted by atomic mass is 10.1. The molecule has 1 saturated heterocycles. The molecule has 1 fully saturated rings. The van der Waals surface area contributed by atoms with Crippen LogP contribution in [0.2, 0.25) is 0 Å². The normalized spacial score (nSPS) is 18.7. The maximum atomic E-state index is 12.8. The van der Waals surface area contributed by atoms with E-state index >= 15 is 0 Å². The van der Waals surface area contributed by atoms with Crippen molar-refractivity contribution in [2.75, 3.05) is 0 Å². The van der Waals surface area contributed by atoms with Crippen molar-refractivity contribution < 1.29 is 4.79 Å². The van der Waals surface area contributed by atoms with Crippen molar-refractivity contribution in [1.29, 1.82) is 0 Å². The number of hydrogen-bond donors (Lipinski definition) is 3. The van der Waals surface area contributed by atoms with Crippen LogP contribution in [0.4, 0.5) is 0 Å². The molecule has 0 saturated carbocycles. The highest BCUT2D eigenvalue weighted by atomic mass is 32.1. The number of carbonyl (C=O) groups excluding carboxylic acids is 1. The molecular formula is C22H24N4O2S. The molecule has 2 aromatic heterocycles. The summed E-state index contributed by atoms with van der Waals surface area (Å²) in [5.74, 6) is -0.365. The number of hydrazine groups is 1. The van der Waals surface area contributed by atoms with Gasteiger partial charge in [0.2, 0.25) is 0 Å². The van der Waals surface area contributed by atoms with Gasteiger partial charge in [0.1, 0.15) is 5.56 Å². The number of pyridine rings is 1. The number of aryl methyl sites for hydroxylation is 2. The molecule has 0 spiro atoms. The third kappa shape index (κ3) is 4.48. The van der Waals surface area contributed by atoms with E-state index in [1.165, 1.54) is 9.75 Å². The molecule has 3 N–H and O–H groups in total. The smallest absolute Gasteiger partial charge is 0.263 e. The van der Waals surface area contributed by atoms with E-state index in [4.69, 9.17) is 0 Å². The zero-order valence-electron chi connectivity index (χ0n) is 16.4. The Balaban J connectivity index is 1.44. The van der Waals surface area contributed by atoms with Crippen molar-refractivity contribution in [2.45, 2.75) is 39.0 Å². The van der Waals surface area contributed by atoms with Gasteiger partial charge in [-0.2, -0.15) is 0 Å². The van der Waals surface area contributed by atoms with Gasteiger partial charge in [0, 0.05) is 22.4 Å². The fraction of sp³-hybridized carbons (Fsp3) is 0.273. The lowest BCUT2D eigenvalue weighted by Gasteiger charge is -2.13. The van der Waals surface area contributed by atoms with Crippen LogP contribution < -0.4 is 21.7 Å². The number of amides is 1. The molecule has 3 aromatic rings. The topological polar surface area (TPSA) is 75.2 Å². The number of carbonyl (C=O) groups is 1. The van der Waals surface area contributed by atoms with E-state index in [1.54, 1.807) is 34.2 Å². The van der Waals surface area contributed by atoms with E-state index < -0.39 is 0 Å². The number of aromatic nitrogens is 1. The summed E-state index contributed by atoms with van der Waals surface area (Å²) in [6.45, 7) is 4.53. The van der Waals surface area contributed by atoms with Crippen LogP contribution in [0.3, 0.4) is 0 Å². The quantitative estimate of drug-likeness (QED) is 0.607. The Morgan fingerprint density at radius 1 is 1.17 bits per heavy atom. The first kappa shape index (κ1) is 19.6. The Kier molecular flexibility index (Phi) is 5.62. The summed E-state index contributed by atoms with van der Waals surface area (Å²) in [6, 6.07) is 15.7. The summed E-state index contributed by atoms with van der Waals surface area (Å²) >= 11 is 1.74. The van der Waals surface area contributed by atoms with Crippen molar-refractivity contribution in [1.82, 2.24) is 20.7 Å². The molecule has 0 bridgehead atoms. The predicted octanol–water partition coefficient (Wildman–Crippen LogP) is 2.87. The van der Waals surface area contributed by atoms with Crippen molar-refractivity contribution in [3.8, 4) is 0 Å². The second kappa shape index (κ2) is 8.32. The number of nitrogens with one attached hydrogen (secondary N) is 3. The first-order valence-corrected chi connectivity index (χ1v) is 10.4. The standard InChI is InChI=1S/C22H24N4O2S/c1-14-5-3-6-16(11-14)13-26-10-4-7-17(22(26)28)21(27)23-20-12-18(24-25-20)19-9-8-15(2)29-19/h3-11,18,20,24-25H,12-13H2,1-2H3,(H,23,27). The molecule has 7 heteroatoms. The molecule has 2 atom stereocenters. The largest absolute Gasteiger partial charge is 0.335 e. The maximum absolute atomic E-state index is 12.8. The fourth-order valence-electron chi connectivity index (χ4n) is 3.56. The number of rotatable bonds is 5.